The van der Waals surface area contributed by atoms with Gasteiger partial charge in [0, 0.05) is 16.9 Å². The van der Waals surface area contributed by atoms with Crippen molar-refractivity contribution in [1.29, 1.82) is 0 Å². The van der Waals surface area contributed by atoms with Crippen molar-refractivity contribution in [2.45, 2.75) is 31.1 Å². The van der Waals surface area contributed by atoms with Gasteiger partial charge in [-0.2, -0.15) is 0 Å². The third-order valence-electron chi connectivity index (χ3n) is 4.72. The number of fused-ring (bicyclic) bond motifs is 2. The maximum Gasteiger partial charge on any atom is 0.167 e. The summed E-state index contributed by atoms with van der Waals surface area (Å²) >= 11 is 1.95. The van der Waals surface area contributed by atoms with Crippen LogP contribution in [0.3, 0.4) is 0 Å². The summed E-state index contributed by atoms with van der Waals surface area (Å²) in [5.41, 5.74) is 4.44. The molecule has 4 rings (SSSR count). The van der Waals surface area contributed by atoms with Crippen molar-refractivity contribution in [3.8, 4) is 0 Å². The van der Waals surface area contributed by atoms with Gasteiger partial charge in [0.25, 0.3) is 0 Å². The van der Waals surface area contributed by atoms with Gasteiger partial charge in [-0.15, -0.1) is 11.8 Å². The van der Waals surface area contributed by atoms with Gasteiger partial charge in [0.1, 0.15) is 0 Å². The Labute approximate surface area is 147 Å². The first kappa shape index (κ1) is 15.5. The summed E-state index contributed by atoms with van der Waals surface area (Å²) in [6.07, 6.45) is 2.86. The number of Topliss-reactive ketones (excluding diaryl/α,β-unsaturated/α-hetero) is 1. The van der Waals surface area contributed by atoms with Gasteiger partial charge >= 0.3 is 0 Å². The van der Waals surface area contributed by atoms with Crippen LogP contribution in [0.4, 0.5) is 0 Å². The van der Waals surface area contributed by atoms with Crippen molar-refractivity contribution in [3.05, 3.63) is 76.9 Å². The number of hydrogen-bond acceptors (Lipinski definition) is 2. The van der Waals surface area contributed by atoms with Gasteiger partial charge in [-0.1, -0.05) is 42.5 Å². The fraction of sp³-hybridized carbons (Fsp3) is 0.227. The summed E-state index contributed by atoms with van der Waals surface area (Å²) in [7, 11) is 0. The van der Waals surface area contributed by atoms with Crippen LogP contribution in [0.15, 0.2) is 59.5 Å². The molecule has 2 heteroatoms. The van der Waals surface area contributed by atoms with Gasteiger partial charge < -0.3 is 0 Å². The Morgan fingerprint density at radius 1 is 1.04 bits per heavy atom. The number of ketones is 1. The van der Waals surface area contributed by atoms with Crippen LogP contribution in [-0.4, -0.2) is 11.5 Å². The Hall–Kier alpha value is -2.06. The van der Waals surface area contributed by atoms with Crippen LogP contribution in [0, 0.1) is 6.92 Å². The number of benzene rings is 3. The van der Waals surface area contributed by atoms with Crippen LogP contribution in [-0.2, 0) is 12.8 Å². The molecule has 1 heterocycles. The first-order valence-corrected chi connectivity index (χ1v) is 9.46. The fourth-order valence-electron chi connectivity index (χ4n) is 3.44. The minimum absolute atomic E-state index is 0.202. The van der Waals surface area contributed by atoms with Crippen LogP contribution in [0.5, 0.6) is 0 Å². The molecule has 0 saturated heterocycles. The first-order valence-electron chi connectivity index (χ1n) is 8.48. The predicted octanol–water partition coefficient (Wildman–Crippen LogP) is 5.61. The van der Waals surface area contributed by atoms with Crippen molar-refractivity contribution < 1.29 is 4.79 Å². The van der Waals surface area contributed by atoms with Crippen LogP contribution in [0.25, 0.3) is 10.8 Å². The monoisotopic (exact) mass is 332 g/mol. The van der Waals surface area contributed by atoms with Crippen molar-refractivity contribution in [2.75, 3.05) is 5.75 Å². The minimum Gasteiger partial charge on any atom is -0.294 e. The molecule has 3 aromatic carbocycles. The summed E-state index contributed by atoms with van der Waals surface area (Å²) in [6, 6.07) is 18.8. The molecule has 0 fully saturated rings. The molecule has 0 unspecified atom stereocenters. The molecule has 1 aliphatic rings. The maximum absolute atomic E-state index is 12.8. The van der Waals surface area contributed by atoms with Crippen LogP contribution >= 0.6 is 11.8 Å². The molecular formula is C22H20OS. The van der Waals surface area contributed by atoms with Gasteiger partial charge in [-0.25, -0.2) is 0 Å². The van der Waals surface area contributed by atoms with Gasteiger partial charge in [0.05, 0.1) is 0 Å². The predicted molar refractivity (Wildman–Crippen MR) is 102 cm³/mol. The molecule has 0 bridgehead atoms. The van der Waals surface area contributed by atoms with Crippen molar-refractivity contribution in [1.82, 2.24) is 0 Å². The van der Waals surface area contributed by atoms with Crippen LogP contribution in [0.2, 0.25) is 0 Å². The number of thioether (sulfide) groups is 1. The van der Waals surface area contributed by atoms with E-state index in [4.69, 9.17) is 0 Å². The highest BCUT2D eigenvalue weighted by atomic mass is 32.2. The Morgan fingerprint density at radius 3 is 2.67 bits per heavy atom. The van der Waals surface area contributed by atoms with Crippen LogP contribution in [0.1, 0.15) is 33.5 Å². The summed E-state index contributed by atoms with van der Waals surface area (Å²) in [5.74, 6) is 1.41. The zero-order valence-electron chi connectivity index (χ0n) is 13.8. The molecule has 1 nitrogen and oxygen atoms in total. The molecule has 0 atom stereocenters. The molecule has 0 spiro atoms. The third-order valence-corrected chi connectivity index (χ3v) is 5.90. The lowest BCUT2D eigenvalue weighted by Crippen LogP contribution is -2.06. The third kappa shape index (κ3) is 2.99. The van der Waals surface area contributed by atoms with E-state index in [0.29, 0.717) is 6.42 Å². The average molecular weight is 332 g/mol. The highest BCUT2D eigenvalue weighted by molar-refractivity contribution is 7.99. The Kier molecular flexibility index (Phi) is 4.15. The normalized spacial score (nSPS) is 13.7. The Morgan fingerprint density at radius 2 is 1.83 bits per heavy atom. The van der Waals surface area contributed by atoms with E-state index >= 15 is 0 Å². The van der Waals surface area contributed by atoms with Crippen molar-refractivity contribution >= 4 is 28.3 Å². The topological polar surface area (TPSA) is 17.1 Å². The zero-order chi connectivity index (χ0) is 16.5. The van der Waals surface area contributed by atoms with Gasteiger partial charge in [0.15, 0.2) is 5.78 Å². The molecular weight excluding hydrogens is 312 g/mol. The van der Waals surface area contributed by atoms with E-state index in [1.165, 1.54) is 33.4 Å². The number of aryl methyl sites for hydroxylation is 2. The average Bonchev–Trinajstić information content (AvgIpc) is 2.60. The SMILES string of the molecule is Cc1cc2cc3c(cc2cc1C(=O)Cc1ccccc1)CCCS3. The lowest BCUT2D eigenvalue weighted by atomic mass is 9.94. The first-order chi connectivity index (χ1) is 11.7. The van der Waals surface area contributed by atoms with E-state index in [0.717, 1.165) is 23.1 Å². The molecule has 1 aliphatic heterocycles. The second-order valence-electron chi connectivity index (χ2n) is 6.51. The standard InChI is InChI=1S/C22H20OS/c1-15-10-18-14-22-17(8-5-9-24-22)12-19(18)13-20(15)21(23)11-16-6-3-2-4-7-16/h2-4,6-7,10,12-14H,5,8-9,11H2,1H3. The van der Waals surface area contributed by atoms with Crippen LogP contribution < -0.4 is 0 Å². The van der Waals surface area contributed by atoms with Gasteiger partial charge in [-0.3, -0.25) is 4.79 Å². The van der Waals surface area contributed by atoms with Crippen molar-refractivity contribution in [3.63, 3.8) is 0 Å². The molecule has 0 radical (unpaired) electrons. The number of rotatable bonds is 3. The van der Waals surface area contributed by atoms with E-state index in [1.54, 1.807) is 0 Å². The maximum atomic E-state index is 12.8. The van der Waals surface area contributed by atoms with Crippen molar-refractivity contribution in [2.24, 2.45) is 0 Å². The highest BCUT2D eigenvalue weighted by Crippen LogP contribution is 2.34. The molecule has 0 saturated carbocycles. The Balaban J connectivity index is 1.72. The van der Waals surface area contributed by atoms with Gasteiger partial charge in [-0.05, 0) is 65.1 Å². The summed E-state index contributed by atoms with van der Waals surface area (Å²) in [4.78, 5) is 14.2. The number of hydrogen-bond donors (Lipinski definition) is 0. The second kappa shape index (κ2) is 6.45. The van der Waals surface area contributed by atoms with E-state index in [9.17, 15) is 4.79 Å². The second-order valence-corrected chi connectivity index (χ2v) is 7.65. The lowest BCUT2D eigenvalue weighted by molar-refractivity contribution is 0.0992. The highest BCUT2D eigenvalue weighted by Gasteiger charge is 2.15. The smallest absolute Gasteiger partial charge is 0.167 e. The van der Waals surface area contributed by atoms with E-state index in [2.05, 4.69) is 24.3 Å². The largest absolute Gasteiger partial charge is 0.294 e. The number of carbonyl (C=O) groups excluding carboxylic acids is 1. The molecule has 0 amide bonds. The van der Waals surface area contributed by atoms with E-state index in [-0.39, 0.29) is 5.78 Å². The molecule has 3 aromatic rings. The molecule has 0 aliphatic carbocycles. The van der Waals surface area contributed by atoms with E-state index in [1.807, 2.05) is 49.0 Å². The summed E-state index contributed by atoms with van der Waals surface area (Å²) < 4.78 is 0. The molecule has 120 valence electrons. The number of carbonyl (C=O) groups is 1. The summed E-state index contributed by atoms with van der Waals surface area (Å²) in [5, 5.41) is 2.44. The lowest BCUT2D eigenvalue weighted by Gasteiger charge is -2.17. The van der Waals surface area contributed by atoms with Gasteiger partial charge in [0.2, 0.25) is 0 Å². The zero-order valence-corrected chi connectivity index (χ0v) is 14.7. The summed E-state index contributed by atoms with van der Waals surface area (Å²) in [6.45, 7) is 2.05. The molecule has 0 aromatic heterocycles. The fourth-order valence-corrected chi connectivity index (χ4v) is 4.51. The quantitative estimate of drug-likeness (QED) is 0.580. The molecule has 24 heavy (non-hydrogen) atoms. The minimum atomic E-state index is 0.202. The van der Waals surface area contributed by atoms with E-state index < -0.39 is 0 Å². The Bertz CT molecular complexity index is 912. The molecule has 0 N–H and O–H groups in total.